The van der Waals surface area contributed by atoms with Crippen LogP contribution in [0.25, 0.3) is 0 Å². The van der Waals surface area contributed by atoms with Crippen molar-refractivity contribution in [3.8, 4) is 0 Å². The van der Waals surface area contributed by atoms with E-state index in [9.17, 15) is 29.4 Å². The molecule has 0 bridgehead atoms. The van der Waals surface area contributed by atoms with Gasteiger partial charge in [0.25, 0.3) is 11.8 Å². The summed E-state index contributed by atoms with van der Waals surface area (Å²) < 4.78 is 0. The quantitative estimate of drug-likeness (QED) is 0.308. The summed E-state index contributed by atoms with van der Waals surface area (Å²) in [6.07, 6.45) is -1.72. The molecule has 0 unspecified atom stereocenters. The zero-order valence-corrected chi connectivity index (χ0v) is 19.1. The minimum atomic E-state index is -0.959. The van der Waals surface area contributed by atoms with E-state index >= 15 is 0 Å². The Labute approximate surface area is 187 Å². The van der Waals surface area contributed by atoms with Crippen molar-refractivity contribution in [1.29, 1.82) is 0 Å². The van der Waals surface area contributed by atoms with Crippen LogP contribution in [-0.2, 0) is 9.59 Å². The van der Waals surface area contributed by atoms with Crippen molar-refractivity contribution < 1.29 is 29.4 Å². The fraction of sp³-hybridized carbons (Fsp3) is 0.800. The van der Waals surface area contributed by atoms with Crippen molar-refractivity contribution in [2.24, 2.45) is 0 Å². The molecule has 2 atom stereocenters. The fourth-order valence-corrected chi connectivity index (χ4v) is 4.25. The van der Waals surface area contributed by atoms with Crippen LogP contribution < -0.4 is 10.6 Å². The smallest absolute Gasteiger partial charge is 0.325 e. The Hall–Kier alpha value is -2.28. The number of aliphatic hydroxyl groups excluding tert-OH is 2. The van der Waals surface area contributed by atoms with Crippen molar-refractivity contribution >= 4 is 23.9 Å². The molecule has 0 saturated carbocycles. The van der Waals surface area contributed by atoms with Gasteiger partial charge in [0.2, 0.25) is 0 Å². The van der Waals surface area contributed by atoms with Gasteiger partial charge >= 0.3 is 12.1 Å². The molecule has 32 heavy (non-hydrogen) atoms. The number of amides is 6. The molecule has 3 heterocycles. The van der Waals surface area contributed by atoms with Crippen LogP contribution in [0, 0.1) is 0 Å². The number of rotatable bonds is 8. The number of carbonyl (C=O) groups excluding carboxylic acids is 4. The van der Waals surface area contributed by atoms with Crippen molar-refractivity contribution in [2.45, 2.75) is 51.0 Å². The first kappa shape index (κ1) is 24.4. The normalized spacial score (nSPS) is 25.8. The second-order valence-electron chi connectivity index (χ2n) is 9.85. The average molecular weight is 455 g/mol. The number of imide groups is 2. The fourth-order valence-electron chi connectivity index (χ4n) is 4.25. The van der Waals surface area contributed by atoms with Gasteiger partial charge in [-0.15, -0.1) is 0 Å². The molecule has 0 aromatic carbocycles. The van der Waals surface area contributed by atoms with Gasteiger partial charge in [-0.2, -0.15) is 0 Å². The van der Waals surface area contributed by atoms with Crippen LogP contribution in [0.2, 0.25) is 0 Å². The Bertz CT molecular complexity index is 715. The lowest BCUT2D eigenvalue weighted by Gasteiger charge is -2.37. The van der Waals surface area contributed by atoms with E-state index in [1.165, 1.54) is 0 Å². The maximum Gasteiger partial charge on any atom is 0.325 e. The number of hydrogen-bond donors (Lipinski definition) is 4. The van der Waals surface area contributed by atoms with Crippen LogP contribution in [0.4, 0.5) is 9.59 Å². The first-order valence-corrected chi connectivity index (χ1v) is 10.9. The largest absolute Gasteiger partial charge is 0.390 e. The van der Waals surface area contributed by atoms with Crippen LogP contribution in [0.5, 0.6) is 0 Å². The lowest BCUT2D eigenvalue weighted by Crippen LogP contribution is -2.53. The standard InChI is InChI=1S/C20H34N6O6/c1-19(2)15(29)25(17(31)21-19)11-13(27)9-23-5-7-24(8-6-23)10-14(28)12-26-16(30)20(3,4)22-18(26)32/h13-14,27-28H,5-12H2,1-4H3,(H,21,31)(H,22,32)/t13-,14-/m0/s1. The molecular formula is C20H34N6O6. The Balaban J connectivity index is 1.40. The maximum atomic E-state index is 12.2. The predicted molar refractivity (Wildman–Crippen MR) is 114 cm³/mol. The lowest BCUT2D eigenvalue weighted by atomic mass is 10.1. The highest BCUT2D eigenvalue weighted by atomic mass is 16.3. The van der Waals surface area contributed by atoms with Crippen molar-refractivity contribution in [3.05, 3.63) is 0 Å². The second-order valence-corrected chi connectivity index (χ2v) is 9.85. The van der Waals surface area contributed by atoms with E-state index in [4.69, 9.17) is 0 Å². The van der Waals surface area contributed by atoms with Gasteiger partial charge in [0.05, 0.1) is 25.3 Å². The summed E-state index contributed by atoms with van der Waals surface area (Å²) in [7, 11) is 0. The monoisotopic (exact) mass is 454 g/mol. The molecule has 3 aliphatic rings. The summed E-state index contributed by atoms with van der Waals surface area (Å²) in [5.74, 6) is -0.706. The van der Waals surface area contributed by atoms with Gasteiger partial charge in [-0.3, -0.25) is 29.2 Å². The first-order chi connectivity index (χ1) is 14.8. The number of nitrogens with zero attached hydrogens (tertiary/aromatic N) is 4. The average Bonchev–Trinajstić information content (AvgIpc) is 2.99. The van der Waals surface area contributed by atoms with Crippen LogP contribution in [-0.4, -0.2) is 129 Å². The Morgan fingerprint density at radius 3 is 1.25 bits per heavy atom. The topological polar surface area (TPSA) is 146 Å². The molecule has 0 aromatic heterocycles. The van der Waals surface area contributed by atoms with Gasteiger partial charge < -0.3 is 20.8 Å². The highest BCUT2D eigenvalue weighted by Gasteiger charge is 2.46. The Morgan fingerprint density at radius 2 is 1.00 bits per heavy atom. The van der Waals surface area contributed by atoms with E-state index in [2.05, 4.69) is 10.6 Å². The number of nitrogens with one attached hydrogen (secondary N) is 2. The lowest BCUT2D eigenvalue weighted by molar-refractivity contribution is -0.132. The molecule has 0 radical (unpaired) electrons. The molecule has 3 fully saturated rings. The van der Waals surface area contributed by atoms with E-state index in [0.717, 1.165) is 9.80 Å². The number of hydrogen-bond acceptors (Lipinski definition) is 8. The van der Waals surface area contributed by atoms with E-state index in [1.807, 2.05) is 9.80 Å². The van der Waals surface area contributed by atoms with E-state index in [0.29, 0.717) is 39.3 Å². The molecule has 180 valence electrons. The summed E-state index contributed by atoms with van der Waals surface area (Å²) in [6, 6.07) is -0.988. The zero-order chi connectivity index (χ0) is 23.8. The number of carbonyl (C=O) groups is 4. The van der Waals surface area contributed by atoms with Crippen molar-refractivity contribution in [2.75, 3.05) is 52.4 Å². The molecule has 0 aromatic rings. The van der Waals surface area contributed by atoms with Crippen LogP contribution in [0.3, 0.4) is 0 Å². The molecule has 3 rings (SSSR count). The molecule has 4 N–H and O–H groups in total. The van der Waals surface area contributed by atoms with E-state index < -0.39 is 35.3 Å². The summed E-state index contributed by atoms with van der Waals surface area (Å²) in [5.41, 5.74) is -1.92. The van der Waals surface area contributed by atoms with E-state index in [-0.39, 0.29) is 24.9 Å². The summed E-state index contributed by atoms with van der Waals surface area (Å²) >= 11 is 0. The molecule has 3 aliphatic heterocycles. The first-order valence-electron chi connectivity index (χ1n) is 10.9. The SMILES string of the molecule is CC1(C)NC(=O)N(C[C@@H](O)CN2CCN(C[C@H](O)CN3C(=O)NC(C)(C)C3=O)CC2)C1=O. The summed E-state index contributed by atoms with van der Waals surface area (Å²) in [4.78, 5) is 54.6. The minimum absolute atomic E-state index is 0.0602. The van der Waals surface area contributed by atoms with Gasteiger partial charge in [-0.1, -0.05) is 0 Å². The second kappa shape index (κ2) is 8.93. The Morgan fingerprint density at radius 1 is 0.688 bits per heavy atom. The van der Waals surface area contributed by atoms with Crippen molar-refractivity contribution in [1.82, 2.24) is 30.2 Å². The molecule has 3 saturated heterocycles. The predicted octanol–water partition coefficient (Wildman–Crippen LogP) is -2.01. The zero-order valence-electron chi connectivity index (χ0n) is 19.1. The van der Waals surface area contributed by atoms with Gasteiger partial charge in [0.1, 0.15) is 11.1 Å². The van der Waals surface area contributed by atoms with Gasteiger partial charge in [0, 0.05) is 39.3 Å². The molecule has 0 spiro atoms. The maximum absolute atomic E-state index is 12.2. The third-order valence-electron chi connectivity index (χ3n) is 6.08. The number of aliphatic hydroxyl groups is 2. The van der Waals surface area contributed by atoms with Crippen LogP contribution >= 0.6 is 0 Å². The molecule has 6 amide bonds. The summed E-state index contributed by atoms with van der Waals surface area (Å²) in [5, 5.41) is 26.0. The van der Waals surface area contributed by atoms with Gasteiger partial charge in [0.15, 0.2) is 0 Å². The summed E-state index contributed by atoms with van der Waals surface area (Å²) in [6.45, 7) is 9.61. The third kappa shape index (κ3) is 5.20. The molecule has 12 nitrogen and oxygen atoms in total. The van der Waals surface area contributed by atoms with Crippen molar-refractivity contribution in [3.63, 3.8) is 0 Å². The number of piperazine rings is 1. The van der Waals surface area contributed by atoms with Gasteiger partial charge in [-0.05, 0) is 27.7 Å². The van der Waals surface area contributed by atoms with Crippen LogP contribution in [0.15, 0.2) is 0 Å². The highest BCUT2D eigenvalue weighted by Crippen LogP contribution is 2.18. The molecule has 12 heteroatoms. The number of urea groups is 2. The molecular weight excluding hydrogens is 420 g/mol. The minimum Gasteiger partial charge on any atom is -0.390 e. The number of β-amino-alcohol motifs (C(OH)–C–C–N with tert-alkyl or cyclic N) is 2. The van der Waals surface area contributed by atoms with Crippen LogP contribution in [0.1, 0.15) is 27.7 Å². The Kier molecular flexibility index (Phi) is 6.80. The third-order valence-corrected chi connectivity index (χ3v) is 6.08. The van der Waals surface area contributed by atoms with E-state index in [1.54, 1.807) is 27.7 Å². The van der Waals surface area contributed by atoms with Gasteiger partial charge in [-0.25, -0.2) is 9.59 Å². The molecule has 0 aliphatic carbocycles. The highest BCUT2D eigenvalue weighted by molar-refractivity contribution is 6.07.